The molecule has 0 saturated carbocycles. The summed E-state index contributed by atoms with van der Waals surface area (Å²) in [6.45, 7) is 13.8. The number of nitrogens with zero attached hydrogens (tertiary/aromatic N) is 1. The molecule has 0 aliphatic carbocycles. The predicted molar refractivity (Wildman–Crippen MR) is 86.3 cm³/mol. The van der Waals surface area contributed by atoms with Crippen LogP contribution in [0.3, 0.4) is 0 Å². The van der Waals surface area contributed by atoms with Crippen molar-refractivity contribution in [2.24, 2.45) is 4.99 Å². The molecule has 3 heteroatoms. The van der Waals surface area contributed by atoms with E-state index < -0.39 is 0 Å². The first-order valence-corrected chi connectivity index (χ1v) is 6.88. The van der Waals surface area contributed by atoms with Crippen LogP contribution in [-0.4, -0.2) is 6.21 Å². The van der Waals surface area contributed by atoms with Gasteiger partial charge in [0.1, 0.15) is 11.6 Å². The van der Waals surface area contributed by atoms with Gasteiger partial charge in [0.2, 0.25) is 0 Å². The van der Waals surface area contributed by atoms with Crippen LogP contribution in [0.1, 0.15) is 40.2 Å². The molecule has 20 heavy (non-hydrogen) atoms. The van der Waals surface area contributed by atoms with Crippen molar-refractivity contribution in [2.75, 3.05) is 0 Å². The predicted octanol–water partition coefficient (Wildman–Crippen LogP) is 4.84. The lowest BCUT2D eigenvalue weighted by Gasteiger charge is -2.11. The van der Waals surface area contributed by atoms with E-state index in [0.29, 0.717) is 6.42 Å². The molecule has 1 aromatic rings. The summed E-state index contributed by atoms with van der Waals surface area (Å²) in [5.74, 6) is 0.586. The fourth-order valence-electron chi connectivity index (χ4n) is 1.48. The Kier molecular flexibility index (Phi) is 9.01. The van der Waals surface area contributed by atoms with Crippen molar-refractivity contribution in [1.29, 1.82) is 0 Å². The second-order valence-corrected chi connectivity index (χ2v) is 4.27. The zero-order valence-electron chi connectivity index (χ0n) is 13.1. The Labute approximate surface area is 122 Å². The van der Waals surface area contributed by atoms with E-state index in [-0.39, 0.29) is 5.82 Å². The van der Waals surface area contributed by atoms with E-state index in [0.717, 1.165) is 22.7 Å². The average Bonchev–Trinajstić information content (AvgIpc) is 2.43. The minimum atomic E-state index is -0.224. The first kappa shape index (κ1) is 18.1. The third-order valence-electron chi connectivity index (χ3n) is 2.36. The number of aliphatic imine (C=N–C) groups is 1. The van der Waals surface area contributed by atoms with E-state index >= 15 is 0 Å². The molecule has 0 amide bonds. The van der Waals surface area contributed by atoms with Crippen LogP contribution in [0.4, 0.5) is 4.39 Å². The molecule has 0 atom stereocenters. The summed E-state index contributed by atoms with van der Waals surface area (Å²) < 4.78 is 12.8. The highest BCUT2D eigenvalue weighted by molar-refractivity contribution is 5.55. The summed E-state index contributed by atoms with van der Waals surface area (Å²) in [5, 5.41) is 3.17. The van der Waals surface area contributed by atoms with Crippen LogP contribution in [-0.2, 0) is 6.42 Å². The Bertz CT molecular complexity index is 466. The van der Waals surface area contributed by atoms with Crippen molar-refractivity contribution in [2.45, 2.75) is 41.0 Å². The lowest BCUT2D eigenvalue weighted by atomic mass is 10.1. The second-order valence-electron chi connectivity index (χ2n) is 4.27. The number of hydrogen-bond donors (Lipinski definition) is 1. The van der Waals surface area contributed by atoms with Crippen molar-refractivity contribution in [3.05, 3.63) is 59.3 Å². The molecule has 1 N–H and O–H groups in total. The topological polar surface area (TPSA) is 24.4 Å². The van der Waals surface area contributed by atoms with Crippen molar-refractivity contribution in [1.82, 2.24) is 5.32 Å². The lowest BCUT2D eigenvalue weighted by Crippen LogP contribution is -2.13. The number of nitrogens with one attached hydrogen (secondary N) is 1. The Hall–Kier alpha value is -1.90. The van der Waals surface area contributed by atoms with Gasteiger partial charge < -0.3 is 5.32 Å². The monoisotopic (exact) mass is 276 g/mol. The molecule has 0 aromatic heterocycles. The minimum Gasteiger partial charge on any atom is -0.344 e. The van der Waals surface area contributed by atoms with Crippen molar-refractivity contribution < 1.29 is 4.39 Å². The maximum absolute atomic E-state index is 12.8. The van der Waals surface area contributed by atoms with E-state index in [1.54, 1.807) is 18.3 Å². The quantitative estimate of drug-likeness (QED) is 0.765. The summed E-state index contributed by atoms with van der Waals surface area (Å²) in [6, 6.07) is 6.42. The standard InChI is InChI=1S/C15H19FN2.C2H6/c1-5-17-15(11(2)3)18-12(4)10-13-6-8-14(16)9-7-13;1-2/h5-9,18H,4,10H2,1-3H3;1-2H3/b17-5-;. The Morgan fingerprint density at radius 1 is 1.25 bits per heavy atom. The van der Waals surface area contributed by atoms with E-state index in [2.05, 4.69) is 16.9 Å². The van der Waals surface area contributed by atoms with Crippen LogP contribution < -0.4 is 5.32 Å². The highest BCUT2D eigenvalue weighted by Crippen LogP contribution is 2.09. The van der Waals surface area contributed by atoms with Crippen LogP contribution in [0.5, 0.6) is 0 Å². The van der Waals surface area contributed by atoms with Crippen molar-refractivity contribution in [3.8, 4) is 0 Å². The van der Waals surface area contributed by atoms with Crippen molar-refractivity contribution >= 4 is 6.21 Å². The molecule has 1 rings (SSSR count). The summed E-state index contributed by atoms with van der Waals surface area (Å²) in [5.41, 5.74) is 2.94. The van der Waals surface area contributed by atoms with Gasteiger partial charge in [-0.2, -0.15) is 0 Å². The Balaban J connectivity index is 0.00000172. The zero-order valence-corrected chi connectivity index (χ0v) is 13.1. The molecule has 1 aromatic carbocycles. The Morgan fingerprint density at radius 3 is 2.25 bits per heavy atom. The maximum atomic E-state index is 12.8. The van der Waals surface area contributed by atoms with Gasteiger partial charge in [-0.25, -0.2) is 9.38 Å². The maximum Gasteiger partial charge on any atom is 0.128 e. The number of hydrogen-bond acceptors (Lipinski definition) is 2. The fourth-order valence-corrected chi connectivity index (χ4v) is 1.48. The van der Waals surface area contributed by atoms with Gasteiger partial charge in [-0.05, 0) is 44.0 Å². The van der Waals surface area contributed by atoms with E-state index in [1.807, 2.05) is 34.6 Å². The largest absolute Gasteiger partial charge is 0.344 e. The molecule has 0 bridgehead atoms. The van der Waals surface area contributed by atoms with Crippen LogP contribution in [0.2, 0.25) is 0 Å². The third kappa shape index (κ3) is 6.88. The van der Waals surface area contributed by atoms with E-state index in [4.69, 9.17) is 0 Å². The normalized spacial score (nSPS) is 9.70. The smallest absolute Gasteiger partial charge is 0.128 e. The summed E-state index contributed by atoms with van der Waals surface area (Å²) in [4.78, 5) is 4.24. The van der Waals surface area contributed by atoms with Crippen LogP contribution in [0, 0.1) is 5.82 Å². The summed E-state index contributed by atoms with van der Waals surface area (Å²) >= 11 is 0. The third-order valence-corrected chi connectivity index (χ3v) is 2.36. The zero-order chi connectivity index (χ0) is 15.5. The van der Waals surface area contributed by atoms with E-state index in [9.17, 15) is 4.39 Å². The van der Waals surface area contributed by atoms with Gasteiger partial charge in [-0.15, -0.1) is 0 Å². The number of benzene rings is 1. The molecule has 2 nitrogen and oxygen atoms in total. The van der Waals surface area contributed by atoms with Crippen molar-refractivity contribution in [3.63, 3.8) is 0 Å². The molecular weight excluding hydrogens is 251 g/mol. The lowest BCUT2D eigenvalue weighted by molar-refractivity contribution is 0.627. The second kappa shape index (κ2) is 9.96. The van der Waals surface area contributed by atoms with E-state index in [1.165, 1.54) is 12.1 Å². The summed E-state index contributed by atoms with van der Waals surface area (Å²) in [7, 11) is 0. The molecule has 0 radical (unpaired) electrons. The van der Waals surface area contributed by atoms with Gasteiger partial charge in [-0.1, -0.05) is 32.6 Å². The molecule has 0 heterocycles. The first-order chi connectivity index (χ1) is 9.52. The first-order valence-electron chi connectivity index (χ1n) is 6.88. The molecule has 0 spiro atoms. The van der Waals surface area contributed by atoms with Crippen LogP contribution in [0.25, 0.3) is 0 Å². The van der Waals surface area contributed by atoms with Gasteiger partial charge in [0.05, 0.1) is 0 Å². The molecule has 110 valence electrons. The van der Waals surface area contributed by atoms with Gasteiger partial charge in [0.25, 0.3) is 0 Å². The molecular formula is C17H25FN2. The van der Waals surface area contributed by atoms with Crippen LogP contribution >= 0.6 is 0 Å². The molecule has 0 unspecified atom stereocenters. The SMILES string of the molecule is C=C(Cc1ccc(F)cc1)NC(/N=C\C)=C(C)C.CC. The highest BCUT2D eigenvalue weighted by atomic mass is 19.1. The van der Waals surface area contributed by atoms with Gasteiger partial charge in [0, 0.05) is 18.3 Å². The van der Waals surface area contributed by atoms with Crippen LogP contribution in [0.15, 0.2) is 52.9 Å². The van der Waals surface area contributed by atoms with Gasteiger partial charge >= 0.3 is 0 Å². The minimum absolute atomic E-state index is 0.224. The molecule has 0 aliphatic heterocycles. The Morgan fingerprint density at radius 2 is 1.80 bits per heavy atom. The number of halogens is 1. The van der Waals surface area contributed by atoms with Gasteiger partial charge in [0.15, 0.2) is 0 Å². The average molecular weight is 276 g/mol. The van der Waals surface area contributed by atoms with Gasteiger partial charge in [-0.3, -0.25) is 0 Å². The molecule has 0 fully saturated rings. The molecule has 0 aliphatic rings. The fraction of sp³-hybridized carbons (Fsp3) is 0.353. The number of rotatable bonds is 5. The highest BCUT2D eigenvalue weighted by Gasteiger charge is 2.01. The molecule has 0 saturated heterocycles. The number of allylic oxidation sites excluding steroid dienone is 2. The summed E-state index contributed by atoms with van der Waals surface area (Å²) in [6.07, 6.45) is 2.39.